The molecule has 0 aliphatic carbocycles. The van der Waals surface area contributed by atoms with E-state index >= 15 is 0 Å². The van der Waals surface area contributed by atoms with Gasteiger partial charge < -0.3 is 5.32 Å². The Morgan fingerprint density at radius 3 is 2.56 bits per heavy atom. The summed E-state index contributed by atoms with van der Waals surface area (Å²) in [5, 5.41) is 24.6. The highest BCUT2D eigenvalue weighted by Gasteiger charge is 2.11. The Morgan fingerprint density at radius 2 is 1.94 bits per heavy atom. The normalized spacial score (nSPS) is 12.4. The van der Waals surface area contributed by atoms with Crippen molar-refractivity contribution in [2.75, 3.05) is 5.32 Å². The van der Waals surface area contributed by atoms with Gasteiger partial charge in [-0.15, -0.1) is 15.3 Å². The lowest BCUT2D eigenvalue weighted by atomic mass is 10.3. The Hall–Kier alpha value is -2.12. The third-order valence-corrected chi connectivity index (χ3v) is 2.19. The smallest absolute Gasteiger partial charge is 0.243 e. The average molecular weight is 220 g/mol. The van der Waals surface area contributed by atoms with Crippen LogP contribution >= 0.6 is 0 Å². The van der Waals surface area contributed by atoms with Gasteiger partial charge in [-0.2, -0.15) is 10.3 Å². The van der Waals surface area contributed by atoms with Gasteiger partial charge in [0.05, 0.1) is 17.4 Å². The number of nitrogens with one attached hydrogen (secondary N) is 2. The first-order valence-electron chi connectivity index (χ1n) is 4.84. The molecule has 0 aliphatic rings. The molecule has 8 heteroatoms. The molecule has 84 valence electrons. The largest absolute Gasteiger partial charge is 0.343 e. The van der Waals surface area contributed by atoms with Crippen molar-refractivity contribution in [3.05, 3.63) is 17.2 Å². The zero-order chi connectivity index (χ0) is 11.5. The summed E-state index contributed by atoms with van der Waals surface area (Å²) in [5.41, 5.74) is 1.66. The van der Waals surface area contributed by atoms with Crippen LogP contribution in [0.1, 0.15) is 30.2 Å². The van der Waals surface area contributed by atoms with Crippen LogP contribution in [0.2, 0.25) is 0 Å². The first kappa shape index (κ1) is 10.4. The number of aryl methyl sites for hydroxylation is 2. The second-order valence-corrected chi connectivity index (χ2v) is 3.44. The molecule has 2 aromatic rings. The molecule has 0 aliphatic heterocycles. The maximum absolute atomic E-state index is 4.25. The van der Waals surface area contributed by atoms with Crippen molar-refractivity contribution < 1.29 is 0 Å². The molecule has 1 unspecified atom stereocenters. The predicted molar refractivity (Wildman–Crippen MR) is 55.5 cm³/mol. The molecule has 0 fully saturated rings. The molecule has 0 radical (unpaired) electrons. The highest BCUT2D eigenvalue weighted by atomic mass is 15.5. The summed E-state index contributed by atoms with van der Waals surface area (Å²) in [6, 6.07) is -0.123. The van der Waals surface area contributed by atoms with Crippen molar-refractivity contribution in [3.63, 3.8) is 0 Å². The Labute approximate surface area is 91.9 Å². The van der Waals surface area contributed by atoms with Gasteiger partial charge in [0.25, 0.3) is 0 Å². The first-order chi connectivity index (χ1) is 7.66. The molecule has 0 spiro atoms. The van der Waals surface area contributed by atoms with E-state index in [1.807, 2.05) is 20.8 Å². The number of anilines is 1. The fourth-order valence-electron chi connectivity index (χ4n) is 1.13. The fourth-order valence-corrected chi connectivity index (χ4v) is 1.13. The topological polar surface area (TPSA) is 105 Å². The zero-order valence-electron chi connectivity index (χ0n) is 9.26. The fraction of sp³-hybridized carbons (Fsp3) is 0.500. The van der Waals surface area contributed by atoms with E-state index in [-0.39, 0.29) is 6.04 Å². The molecule has 2 N–H and O–H groups in total. The van der Waals surface area contributed by atoms with Crippen molar-refractivity contribution in [1.29, 1.82) is 0 Å². The molecule has 2 heterocycles. The lowest BCUT2D eigenvalue weighted by Gasteiger charge is -2.09. The summed E-state index contributed by atoms with van der Waals surface area (Å²) >= 11 is 0. The van der Waals surface area contributed by atoms with Gasteiger partial charge in [0.1, 0.15) is 0 Å². The van der Waals surface area contributed by atoms with Gasteiger partial charge in [-0.05, 0) is 20.8 Å². The van der Waals surface area contributed by atoms with Crippen molar-refractivity contribution in [1.82, 2.24) is 35.8 Å². The molecule has 2 aromatic heterocycles. The van der Waals surface area contributed by atoms with E-state index in [1.54, 1.807) is 0 Å². The summed E-state index contributed by atoms with van der Waals surface area (Å²) in [7, 11) is 0. The van der Waals surface area contributed by atoms with Gasteiger partial charge >= 0.3 is 0 Å². The van der Waals surface area contributed by atoms with E-state index in [4.69, 9.17) is 0 Å². The molecule has 0 bridgehead atoms. The quantitative estimate of drug-likeness (QED) is 0.759. The van der Waals surface area contributed by atoms with Crippen molar-refractivity contribution in [2.45, 2.75) is 26.8 Å². The van der Waals surface area contributed by atoms with E-state index in [0.29, 0.717) is 11.8 Å². The lowest BCUT2D eigenvalue weighted by molar-refractivity contribution is 0.765. The predicted octanol–water partition coefficient (Wildman–Crippen LogP) is 0.175. The number of hydrogen-bond acceptors (Lipinski definition) is 7. The van der Waals surface area contributed by atoms with Gasteiger partial charge in [0.2, 0.25) is 5.95 Å². The van der Waals surface area contributed by atoms with E-state index in [1.165, 1.54) is 0 Å². The van der Waals surface area contributed by atoms with Gasteiger partial charge in [-0.3, -0.25) is 0 Å². The number of aromatic nitrogens is 7. The van der Waals surface area contributed by atoms with Gasteiger partial charge in [-0.25, -0.2) is 4.98 Å². The van der Waals surface area contributed by atoms with E-state index in [9.17, 15) is 0 Å². The molecule has 0 saturated carbocycles. The highest BCUT2D eigenvalue weighted by molar-refractivity contribution is 5.27. The van der Waals surface area contributed by atoms with Gasteiger partial charge in [-0.1, -0.05) is 5.21 Å². The second kappa shape index (κ2) is 4.17. The SMILES string of the molecule is Cc1nnc(NC(C)c2nn[nH]n2)nc1C. The Morgan fingerprint density at radius 1 is 1.12 bits per heavy atom. The van der Waals surface area contributed by atoms with Crippen LogP contribution in [-0.4, -0.2) is 35.8 Å². The second-order valence-electron chi connectivity index (χ2n) is 3.44. The summed E-state index contributed by atoms with van der Waals surface area (Å²) in [4.78, 5) is 4.25. The summed E-state index contributed by atoms with van der Waals surface area (Å²) < 4.78 is 0. The number of tetrazole rings is 1. The monoisotopic (exact) mass is 220 g/mol. The number of hydrogen-bond donors (Lipinski definition) is 2. The molecule has 0 aromatic carbocycles. The Balaban J connectivity index is 2.12. The van der Waals surface area contributed by atoms with Crippen LogP contribution in [0.15, 0.2) is 0 Å². The lowest BCUT2D eigenvalue weighted by Crippen LogP contribution is -2.12. The van der Waals surface area contributed by atoms with Crippen molar-refractivity contribution >= 4 is 5.95 Å². The van der Waals surface area contributed by atoms with Crippen molar-refractivity contribution in [3.8, 4) is 0 Å². The first-order valence-corrected chi connectivity index (χ1v) is 4.84. The van der Waals surface area contributed by atoms with E-state index in [2.05, 4.69) is 41.1 Å². The van der Waals surface area contributed by atoms with Crippen molar-refractivity contribution in [2.24, 2.45) is 0 Å². The molecular formula is C8H12N8. The van der Waals surface area contributed by atoms with Crippen LogP contribution in [0.25, 0.3) is 0 Å². The van der Waals surface area contributed by atoms with Gasteiger partial charge in [0, 0.05) is 0 Å². The van der Waals surface area contributed by atoms with Crippen LogP contribution in [0.3, 0.4) is 0 Å². The van der Waals surface area contributed by atoms with Crippen LogP contribution in [0, 0.1) is 13.8 Å². The third kappa shape index (κ3) is 2.10. The molecule has 16 heavy (non-hydrogen) atoms. The average Bonchev–Trinajstić information content (AvgIpc) is 2.77. The minimum atomic E-state index is -0.123. The minimum Gasteiger partial charge on any atom is -0.343 e. The molecular weight excluding hydrogens is 208 g/mol. The van der Waals surface area contributed by atoms with Gasteiger partial charge in [0.15, 0.2) is 5.82 Å². The molecule has 8 nitrogen and oxygen atoms in total. The van der Waals surface area contributed by atoms with Crippen LogP contribution in [0.5, 0.6) is 0 Å². The summed E-state index contributed by atoms with van der Waals surface area (Å²) in [5.74, 6) is 1.02. The zero-order valence-corrected chi connectivity index (χ0v) is 9.26. The third-order valence-electron chi connectivity index (χ3n) is 2.19. The maximum Gasteiger partial charge on any atom is 0.243 e. The van der Waals surface area contributed by atoms with E-state index < -0.39 is 0 Å². The molecule has 0 saturated heterocycles. The Bertz CT molecular complexity index is 465. The number of nitrogens with zero attached hydrogens (tertiary/aromatic N) is 6. The minimum absolute atomic E-state index is 0.123. The number of H-pyrrole nitrogens is 1. The van der Waals surface area contributed by atoms with Crippen LogP contribution in [-0.2, 0) is 0 Å². The maximum atomic E-state index is 4.25. The highest BCUT2D eigenvalue weighted by Crippen LogP contribution is 2.11. The van der Waals surface area contributed by atoms with Crippen LogP contribution in [0.4, 0.5) is 5.95 Å². The molecule has 2 rings (SSSR count). The number of aromatic amines is 1. The number of rotatable bonds is 3. The summed E-state index contributed by atoms with van der Waals surface area (Å²) in [6.45, 7) is 5.64. The summed E-state index contributed by atoms with van der Waals surface area (Å²) in [6.07, 6.45) is 0. The van der Waals surface area contributed by atoms with E-state index in [0.717, 1.165) is 11.4 Å². The molecule has 1 atom stereocenters. The Kier molecular flexibility index (Phi) is 2.71. The molecule has 0 amide bonds. The van der Waals surface area contributed by atoms with Crippen LogP contribution < -0.4 is 5.32 Å². The standard InChI is InChI=1S/C8H12N8/c1-4-5(2)11-14-8(9-4)10-6(3)7-12-15-16-13-7/h6H,1-3H3,(H,9,10,14)(H,12,13,15,16).